The largest absolute Gasteiger partial charge is 0.351 e. The zero-order chi connectivity index (χ0) is 10.1. The smallest absolute Gasteiger partial charge is 0.237 e. The van der Waals surface area contributed by atoms with Gasteiger partial charge in [-0.1, -0.05) is 0 Å². The summed E-state index contributed by atoms with van der Waals surface area (Å²) in [5.74, 6) is 1.74. The van der Waals surface area contributed by atoms with E-state index in [1.54, 1.807) is 0 Å². The Labute approximate surface area is 85.6 Å². The van der Waals surface area contributed by atoms with Gasteiger partial charge in [-0.25, -0.2) is 0 Å². The minimum absolute atomic E-state index is 0.0602. The fourth-order valence-corrected chi connectivity index (χ4v) is 1.95. The van der Waals surface area contributed by atoms with Gasteiger partial charge in [-0.05, 0) is 51.5 Å². The van der Waals surface area contributed by atoms with Crippen molar-refractivity contribution in [3.05, 3.63) is 0 Å². The number of hydrogen-bond donors (Lipinski definition) is 2. The lowest BCUT2D eigenvalue weighted by Gasteiger charge is -2.20. The molecule has 2 saturated carbocycles. The van der Waals surface area contributed by atoms with E-state index in [9.17, 15) is 4.79 Å². The van der Waals surface area contributed by atoms with Crippen LogP contribution in [-0.4, -0.2) is 25.0 Å². The van der Waals surface area contributed by atoms with Gasteiger partial charge in [0.05, 0.1) is 6.04 Å². The van der Waals surface area contributed by atoms with Gasteiger partial charge in [0.25, 0.3) is 0 Å². The van der Waals surface area contributed by atoms with Crippen LogP contribution in [0, 0.1) is 11.8 Å². The fourth-order valence-electron chi connectivity index (χ4n) is 1.95. The molecule has 0 heterocycles. The Kier molecular flexibility index (Phi) is 2.77. The fraction of sp³-hybridized carbons (Fsp3) is 0.909. The van der Waals surface area contributed by atoms with Crippen molar-refractivity contribution in [3.8, 4) is 0 Å². The van der Waals surface area contributed by atoms with E-state index < -0.39 is 0 Å². The molecule has 0 aromatic heterocycles. The summed E-state index contributed by atoms with van der Waals surface area (Å²) in [4.78, 5) is 11.7. The molecule has 2 aliphatic carbocycles. The molecule has 1 amide bonds. The highest BCUT2D eigenvalue weighted by Gasteiger charge is 2.42. The van der Waals surface area contributed by atoms with Crippen molar-refractivity contribution in [1.29, 1.82) is 0 Å². The normalized spacial score (nSPS) is 23.6. The van der Waals surface area contributed by atoms with E-state index in [1.807, 2.05) is 14.0 Å². The summed E-state index contributed by atoms with van der Waals surface area (Å²) >= 11 is 0. The minimum atomic E-state index is -0.0602. The van der Waals surface area contributed by atoms with Gasteiger partial charge in [-0.15, -0.1) is 0 Å². The molecule has 3 heteroatoms. The quantitative estimate of drug-likeness (QED) is 0.686. The van der Waals surface area contributed by atoms with Gasteiger partial charge < -0.3 is 10.6 Å². The zero-order valence-corrected chi connectivity index (χ0v) is 9.05. The third-order valence-corrected chi connectivity index (χ3v) is 3.39. The molecule has 3 nitrogen and oxygen atoms in total. The molecular formula is C11H20N2O. The van der Waals surface area contributed by atoms with Crippen LogP contribution in [0.15, 0.2) is 0 Å². The van der Waals surface area contributed by atoms with Crippen molar-refractivity contribution in [2.24, 2.45) is 11.8 Å². The molecule has 2 rings (SSSR count). The Balaban J connectivity index is 1.83. The second kappa shape index (κ2) is 3.89. The van der Waals surface area contributed by atoms with Crippen molar-refractivity contribution in [2.45, 2.75) is 44.7 Å². The van der Waals surface area contributed by atoms with Crippen molar-refractivity contribution in [3.63, 3.8) is 0 Å². The van der Waals surface area contributed by atoms with Gasteiger partial charge >= 0.3 is 0 Å². The Morgan fingerprint density at radius 1 is 1.21 bits per heavy atom. The number of amides is 1. The topological polar surface area (TPSA) is 41.1 Å². The number of likely N-dealkylation sites (N-methyl/N-ethyl adjacent to an activating group) is 1. The van der Waals surface area contributed by atoms with Crippen LogP contribution in [0.25, 0.3) is 0 Å². The summed E-state index contributed by atoms with van der Waals surface area (Å²) in [6.45, 7) is 1.91. The highest BCUT2D eigenvalue weighted by molar-refractivity contribution is 5.81. The van der Waals surface area contributed by atoms with E-state index in [4.69, 9.17) is 0 Å². The first kappa shape index (κ1) is 9.97. The molecule has 80 valence electrons. The molecule has 2 N–H and O–H groups in total. The Morgan fingerprint density at radius 3 is 2.07 bits per heavy atom. The van der Waals surface area contributed by atoms with Crippen molar-refractivity contribution < 1.29 is 4.79 Å². The molecule has 2 fully saturated rings. The van der Waals surface area contributed by atoms with Crippen LogP contribution in [0.4, 0.5) is 0 Å². The molecule has 0 saturated heterocycles. The molecule has 0 spiro atoms. The number of hydrogen-bond acceptors (Lipinski definition) is 2. The molecule has 0 aromatic carbocycles. The monoisotopic (exact) mass is 196 g/mol. The van der Waals surface area contributed by atoms with E-state index >= 15 is 0 Å². The summed E-state index contributed by atoms with van der Waals surface area (Å²) < 4.78 is 0. The highest BCUT2D eigenvalue weighted by atomic mass is 16.2. The van der Waals surface area contributed by atoms with E-state index in [1.165, 1.54) is 25.7 Å². The minimum Gasteiger partial charge on any atom is -0.351 e. The van der Waals surface area contributed by atoms with Gasteiger partial charge in [-0.3, -0.25) is 4.79 Å². The van der Waals surface area contributed by atoms with Crippen LogP contribution in [0.3, 0.4) is 0 Å². The standard InChI is InChI=1S/C11H20N2O/c1-7(12-2)11(14)13-10(8-3-4-8)9-5-6-9/h7-10,12H,3-6H2,1-2H3,(H,13,14). The molecular weight excluding hydrogens is 176 g/mol. The molecule has 0 aromatic rings. The maximum atomic E-state index is 11.7. The Morgan fingerprint density at radius 2 is 1.71 bits per heavy atom. The first-order valence-corrected chi connectivity index (χ1v) is 5.70. The summed E-state index contributed by atoms with van der Waals surface area (Å²) in [5, 5.41) is 6.17. The van der Waals surface area contributed by atoms with E-state index in [0.29, 0.717) is 6.04 Å². The Hall–Kier alpha value is -0.570. The van der Waals surface area contributed by atoms with Gasteiger partial charge in [0.15, 0.2) is 0 Å². The zero-order valence-electron chi connectivity index (χ0n) is 9.05. The van der Waals surface area contributed by atoms with Gasteiger partial charge in [-0.2, -0.15) is 0 Å². The summed E-state index contributed by atoms with van der Waals surface area (Å²) in [5.41, 5.74) is 0. The lowest BCUT2D eigenvalue weighted by molar-refractivity contribution is -0.123. The maximum Gasteiger partial charge on any atom is 0.237 e. The average Bonchev–Trinajstić information content (AvgIpc) is 3.04. The number of rotatable bonds is 5. The van der Waals surface area contributed by atoms with Crippen LogP contribution in [0.2, 0.25) is 0 Å². The lowest BCUT2D eigenvalue weighted by Crippen LogP contribution is -2.46. The van der Waals surface area contributed by atoms with Crippen LogP contribution in [0.5, 0.6) is 0 Å². The molecule has 2 aliphatic rings. The average molecular weight is 196 g/mol. The number of carbonyl (C=O) groups excluding carboxylic acids is 1. The highest BCUT2D eigenvalue weighted by Crippen LogP contribution is 2.44. The molecule has 1 atom stereocenters. The summed E-state index contributed by atoms with van der Waals surface area (Å²) in [7, 11) is 1.83. The van der Waals surface area contributed by atoms with Crippen LogP contribution < -0.4 is 10.6 Å². The van der Waals surface area contributed by atoms with E-state index in [2.05, 4.69) is 10.6 Å². The van der Waals surface area contributed by atoms with Crippen molar-refractivity contribution >= 4 is 5.91 Å². The van der Waals surface area contributed by atoms with Gasteiger partial charge in [0, 0.05) is 6.04 Å². The lowest BCUT2D eigenvalue weighted by atomic mass is 10.1. The second-order valence-corrected chi connectivity index (χ2v) is 4.72. The Bertz CT molecular complexity index is 209. The van der Waals surface area contributed by atoms with Gasteiger partial charge in [0.2, 0.25) is 5.91 Å². The van der Waals surface area contributed by atoms with Crippen LogP contribution >= 0.6 is 0 Å². The summed E-state index contributed by atoms with van der Waals surface area (Å²) in [6, 6.07) is 0.424. The molecule has 0 aliphatic heterocycles. The molecule has 0 bridgehead atoms. The third-order valence-electron chi connectivity index (χ3n) is 3.39. The van der Waals surface area contributed by atoms with E-state index in [-0.39, 0.29) is 11.9 Å². The molecule has 1 unspecified atom stereocenters. The predicted octanol–water partition coefficient (Wildman–Crippen LogP) is 0.899. The first-order valence-electron chi connectivity index (χ1n) is 5.70. The van der Waals surface area contributed by atoms with E-state index in [0.717, 1.165) is 11.8 Å². The summed E-state index contributed by atoms with van der Waals surface area (Å²) in [6.07, 6.45) is 5.26. The SMILES string of the molecule is CNC(C)C(=O)NC(C1CC1)C1CC1. The number of carbonyl (C=O) groups is 1. The molecule has 0 radical (unpaired) electrons. The van der Waals surface area contributed by atoms with Crippen LogP contribution in [-0.2, 0) is 4.79 Å². The second-order valence-electron chi connectivity index (χ2n) is 4.72. The maximum absolute atomic E-state index is 11.7. The van der Waals surface area contributed by atoms with Crippen LogP contribution in [0.1, 0.15) is 32.6 Å². The number of nitrogens with one attached hydrogen (secondary N) is 2. The first-order chi connectivity index (χ1) is 6.72. The van der Waals surface area contributed by atoms with Crippen molar-refractivity contribution in [2.75, 3.05) is 7.05 Å². The predicted molar refractivity (Wildman–Crippen MR) is 55.9 cm³/mol. The third kappa shape index (κ3) is 2.27. The molecule has 14 heavy (non-hydrogen) atoms. The van der Waals surface area contributed by atoms with Crippen molar-refractivity contribution in [1.82, 2.24) is 10.6 Å². The van der Waals surface area contributed by atoms with Gasteiger partial charge in [0.1, 0.15) is 0 Å².